The van der Waals surface area contributed by atoms with Crippen molar-refractivity contribution in [2.45, 2.75) is 26.2 Å². The van der Waals surface area contributed by atoms with Crippen LogP contribution in [0.3, 0.4) is 0 Å². The molecule has 3 heteroatoms. The number of ketones is 1. The van der Waals surface area contributed by atoms with E-state index in [0.717, 1.165) is 23.1 Å². The van der Waals surface area contributed by atoms with Gasteiger partial charge in [0.05, 0.1) is 10.0 Å². The Morgan fingerprint density at radius 3 is 2.50 bits per heavy atom. The molecule has 1 aliphatic rings. The molecular formula is C17H16Cl2O. The van der Waals surface area contributed by atoms with Gasteiger partial charge in [0, 0.05) is 17.9 Å². The van der Waals surface area contributed by atoms with Crippen LogP contribution in [0.25, 0.3) is 0 Å². The third-order valence-corrected chi connectivity index (χ3v) is 4.38. The van der Waals surface area contributed by atoms with Gasteiger partial charge in [-0.05, 0) is 29.7 Å². The van der Waals surface area contributed by atoms with Crippen molar-refractivity contribution in [3.8, 4) is 0 Å². The molecule has 2 aromatic rings. The minimum Gasteiger partial charge on any atom is -0.294 e. The molecule has 0 radical (unpaired) electrons. The first-order chi connectivity index (χ1) is 9.16. The van der Waals surface area contributed by atoms with Crippen LogP contribution in [0.2, 0.25) is 10.0 Å². The largest absolute Gasteiger partial charge is 0.294 e. The van der Waals surface area contributed by atoms with Crippen LogP contribution in [0.1, 0.15) is 47.7 Å². The number of fused-ring (bicyclic) bond motifs is 1. The summed E-state index contributed by atoms with van der Waals surface area (Å²) in [4.78, 5) is 11.9. The Bertz CT molecular complexity index is 649. The molecule has 0 saturated carbocycles. The van der Waals surface area contributed by atoms with Gasteiger partial charge in [0.25, 0.3) is 0 Å². The Labute approximate surface area is 129 Å². The SMILES string of the molecule is C.O=C1CCC(c2ccc(Cl)c(Cl)c2)c2ccccc21. The van der Waals surface area contributed by atoms with Gasteiger partial charge in [-0.1, -0.05) is 61.0 Å². The van der Waals surface area contributed by atoms with E-state index in [0.29, 0.717) is 16.5 Å². The average Bonchev–Trinajstić information content (AvgIpc) is 2.43. The lowest BCUT2D eigenvalue weighted by Gasteiger charge is -2.25. The predicted molar refractivity (Wildman–Crippen MR) is 85.0 cm³/mol. The van der Waals surface area contributed by atoms with E-state index in [4.69, 9.17) is 23.2 Å². The Morgan fingerprint density at radius 2 is 1.75 bits per heavy atom. The fraction of sp³-hybridized carbons (Fsp3) is 0.235. The summed E-state index contributed by atoms with van der Waals surface area (Å²) >= 11 is 12.0. The normalized spacial score (nSPS) is 17.3. The monoisotopic (exact) mass is 306 g/mol. The fourth-order valence-corrected chi connectivity index (χ4v) is 3.00. The fourth-order valence-electron chi connectivity index (χ4n) is 2.70. The molecule has 0 aliphatic heterocycles. The van der Waals surface area contributed by atoms with Crippen molar-refractivity contribution in [2.24, 2.45) is 0 Å². The van der Waals surface area contributed by atoms with E-state index < -0.39 is 0 Å². The van der Waals surface area contributed by atoms with Crippen molar-refractivity contribution in [1.29, 1.82) is 0 Å². The van der Waals surface area contributed by atoms with E-state index in [-0.39, 0.29) is 19.1 Å². The maximum Gasteiger partial charge on any atom is 0.163 e. The second kappa shape index (κ2) is 5.99. The van der Waals surface area contributed by atoms with Gasteiger partial charge in [0.1, 0.15) is 0 Å². The zero-order chi connectivity index (χ0) is 13.4. The number of hydrogen-bond acceptors (Lipinski definition) is 1. The van der Waals surface area contributed by atoms with Crippen LogP contribution < -0.4 is 0 Å². The topological polar surface area (TPSA) is 17.1 Å². The minimum absolute atomic E-state index is 0. The molecule has 1 atom stereocenters. The van der Waals surface area contributed by atoms with Gasteiger partial charge >= 0.3 is 0 Å². The third-order valence-electron chi connectivity index (χ3n) is 3.64. The van der Waals surface area contributed by atoms with Crippen LogP contribution in [0.5, 0.6) is 0 Å². The summed E-state index contributed by atoms with van der Waals surface area (Å²) < 4.78 is 0. The zero-order valence-corrected chi connectivity index (χ0v) is 11.7. The van der Waals surface area contributed by atoms with Crippen molar-refractivity contribution in [2.75, 3.05) is 0 Å². The molecule has 0 aromatic heterocycles. The van der Waals surface area contributed by atoms with Gasteiger partial charge in [-0.3, -0.25) is 4.79 Å². The van der Waals surface area contributed by atoms with Crippen molar-refractivity contribution < 1.29 is 4.79 Å². The summed E-state index contributed by atoms with van der Waals surface area (Å²) in [5.74, 6) is 0.454. The average molecular weight is 307 g/mol. The highest BCUT2D eigenvalue weighted by Crippen LogP contribution is 2.38. The van der Waals surface area contributed by atoms with E-state index in [9.17, 15) is 4.79 Å². The Hall–Kier alpha value is -1.31. The minimum atomic E-state index is 0. The first-order valence-corrected chi connectivity index (χ1v) is 6.99. The summed E-state index contributed by atoms with van der Waals surface area (Å²) in [5, 5.41) is 1.12. The zero-order valence-electron chi connectivity index (χ0n) is 10.2. The molecule has 20 heavy (non-hydrogen) atoms. The number of carbonyl (C=O) groups excluding carboxylic acids is 1. The van der Waals surface area contributed by atoms with Crippen molar-refractivity contribution in [3.05, 3.63) is 69.2 Å². The number of Topliss-reactive ketones (excluding diaryl/α,β-unsaturated/α-hetero) is 1. The van der Waals surface area contributed by atoms with Gasteiger partial charge in [0.15, 0.2) is 5.78 Å². The molecular weight excluding hydrogens is 291 g/mol. The highest BCUT2D eigenvalue weighted by molar-refractivity contribution is 6.42. The summed E-state index contributed by atoms with van der Waals surface area (Å²) in [7, 11) is 0. The first-order valence-electron chi connectivity index (χ1n) is 6.24. The number of halogens is 2. The van der Waals surface area contributed by atoms with Crippen molar-refractivity contribution >= 4 is 29.0 Å². The van der Waals surface area contributed by atoms with Crippen molar-refractivity contribution in [3.63, 3.8) is 0 Å². The lowest BCUT2D eigenvalue weighted by atomic mass is 9.78. The Kier molecular flexibility index (Phi) is 4.52. The molecule has 2 aromatic carbocycles. The molecule has 0 N–H and O–H groups in total. The summed E-state index contributed by atoms with van der Waals surface area (Å²) in [6, 6.07) is 13.5. The van der Waals surface area contributed by atoms with Crippen LogP contribution >= 0.6 is 23.2 Å². The van der Waals surface area contributed by atoms with Gasteiger partial charge < -0.3 is 0 Å². The van der Waals surface area contributed by atoms with Crippen molar-refractivity contribution in [1.82, 2.24) is 0 Å². The van der Waals surface area contributed by atoms with Crippen LogP contribution in [0.4, 0.5) is 0 Å². The van der Waals surface area contributed by atoms with Gasteiger partial charge in [-0.2, -0.15) is 0 Å². The number of benzene rings is 2. The predicted octanol–water partition coefficient (Wildman–Crippen LogP) is 5.74. The Balaban J connectivity index is 0.00000147. The molecule has 3 rings (SSSR count). The molecule has 1 aliphatic carbocycles. The number of carbonyl (C=O) groups is 1. The second-order valence-electron chi connectivity index (χ2n) is 4.78. The molecule has 0 heterocycles. The standard InChI is InChI=1S/C16H12Cl2O.CH4/c17-14-7-5-10(9-15(14)18)11-6-8-16(19)13-4-2-1-3-12(11)13;/h1-5,7,9,11H,6,8H2;1H4. The van der Waals surface area contributed by atoms with E-state index >= 15 is 0 Å². The lowest BCUT2D eigenvalue weighted by molar-refractivity contribution is 0.0969. The molecule has 0 fully saturated rings. The molecule has 0 bridgehead atoms. The molecule has 0 amide bonds. The quantitative estimate of drug-likeness (QED) is 0.656. The smallest absolute Gasteiger partial charge is 0.163 e. The third kappa shape index (κ3) is 2.61. The number of hydrogen-bond donors (Lipinski definition) is 0. The van der Waals surface area contributed by atoms with E-state index in [2.05, 4.69) is 0 Å². The maximum atomic E-state index is 11.9. The highest BCUT2D eigenvalue weighted by atomic mass is 35.5. The molecule has 0 spiro atoms. The Morgan fingerprint density at radius 1 is 1.00 bits per heavy atom. The lowest BCUT2D eigenvalue weighted by Crippen LogP contribution is -2.16. The van der Waals surface area contributed by atoms with Crippen LogP contribution in [-0.4, -0.2) is 5.78 Å². The molecule has 104 valence electrons. The van der Waals surface area contributed by atoms with Crippen LogP contribution in [-0.2, 0) is 0 Å². The van der Waals surface area contributed by atoms with Gasteiger partial charge in [0.2, 0.25) is 0 Å². The maximum absolute atomic E-state index is 11.9. The second-order valence-corrected chi connectivity index (χ2v) is 5.59. The summed E-state index contributed by atoms with van der Waals surface area (Å²) in [6.07, 6.45) is 1.41. The molecule has 0 saturated heterocycles. The molecule has 1 unspecified atom stereocenters. The van der Waals surface area contributed by atoms with Gasteiger partial charge in [-0.25, -0.2) is 0 Å². The molecule has 1 nitrogen and oxygen atoms in total. The van der Waals surface area contributed by atoms with E-state index in [1.807, 2.05) is 42.5 Å². The number of rotatable bonds is 1. The van der Waals surface area contributed by atoms with E-state index in [1.54, 1.807) is 0 Å². The van der Waals surface area contributed by atoms with E-state index in [1.165, 1.54) is 0 Å². The first kappa shape index (κ1) is 15.1. The van der Waals surface area contributed by atoms with Crippen LogP contribution in [0, 0.1) is 0 Å². The van der Waals surface area contributed by atoms with Crippen LogP contribution in [0.15, 0.2) is 42.5 Å². The highest BCUT2D eigenvalue weighted by Gasteiger charge is 2.26. The van der Waals surface area contributed by atoms with Gasteiger partial charge in [-0.15, -0.1) is 0 Å². The summed E-state index contributed by atoms with van der Waals surface area (Å²) in [6.45, 7) is 0. The summed E-state index contributed by atoms with van der Waals surface area (Å²) in [5.41, 5.74) is 3.05.